The minimum atomic E-state index is -0.602. The number of carbonyl (C=O) groups excluding carboxylic acids is 2. The highest BCUT2D eigenvalue weighted by molar-refractivity contribution is 7.96. The predicted molar refractivity (Wildman–Crippen MR) is 172 cm³/mol. The Morgan fingerprint density at radius 1 is 1.14 bits per heavy atom. The van der Waals surface area contributed by atoms with Crippen molar-refractivity contribution in [2.45, 2.75) is 58.7 Å². The number of fused-ring (bicyclic) bond motifs is 1. The molecular formula is C33H44N4O5S. The molecule has 9 nitrogen and oxygen atoms in total. The van der Waals surface area contributed by atoms with Gasteiger partial charge < -0.3 is 19.5 Å². The van der Waals surface area contributed by atoms with Crippen LogP contribution in [0.1, 0.15) is 66.7 Å². The van der Waals surface area contributed by atoms with Crippen molar-refractivity contribution in [1.29, 1.82) is 0 Å². The summed E-state index contributed by atoms with van der Waals surface area (Å²) in [4.78, 5) is 28.0. The van der Waals surface area contributed by atoms with Gasteiger partial charge in [-0.15, -0.1) is 0 Å². The number of methoxy groups -OCH3 is 2. The zero-order valence-electron chi connectivity index (χ0n) is 26.6. The first-order valence-corrected chi connectivity index (χ1v) is 15.9. The standard InChI is InChI=1S/C33H44N4O5S/c1-21-15-28(40-6)25(23-11-13-37(29(21)23)31(39)42-32(2,3)4)18-35-14-12-33(19-36(20-33)43-8)17-27(35)24-10-9-22(30(38)41-7)16-26(24)34-5/h9-11,13,15-16,27,34H,12,14,17-20H2,1-8H3. The van der Waals surface area contributed by atoms with E-state index < -0.39 is 11.7 Å². The maximum atomic E-state index is 13.2. The van der Waals surface area contributed by atoms with Crippen LogP contribution in [0.4, 0.5) is 10.5 Å². The fraction of sp³-hybridized carbons (Fsp3) is 0.515. The molecule has 43 heavy (non-hydrogen) atoms. The Labute approximate surface area is 259 Å². The molecule has 1 unspecified atom stereocenters. The number of aryl methyl sites for hydroxylation is 1. The van der Waals surface area contributed by atoms with E-state index in [2.05, 4.69) is 26.8 Å². The third-order valence-electron chi connectivity index (χ3n) is 8.78. The minimum absolute atomic E-state index is 0.112. The molecular weight excluding hydrogens is 564 g/mol. The molecule has 1 aromatic heterocycles. The molecule has 2 aliphatic rings. The molecule has 0 bridgehead atoms. The summed E-state index contributed by atoms with van der Waals surface area (Å²) in [7, 11) is 5.00. The number of ether oxygens (including phenoxy) is 3. The number of benzene rings is 2. The van der Waals surface area contributed by atoms with Crippen molar-refractivity contribution in [3.8, 4) is 5.75 Å². The van der Waals surface area contributed by atoms with Crippen molar-refractivity contribution in [3.05, 3.63) is 58.8 Å². The van der Waals surface area contributed by atoms with Gasteiger partial charge in [0.25, 0.3) is 0 Å². The summed E-state index contributed by atoms with van der Waals surface area (Å²) in [5, 5.41) is 4.33. The largest absolute Gasteiger partial charge is 0.496 e. The van der Waals surface area contributed by atoms with E-state index in [-0.39, 0.29) is 17.4 Å². The van der Waals surface area contributed by atoms with Crippen LogP contribution in [0, 0.1) is 12.3 Å². The van der Waals surface area contributed by atoms with Crippen molar-refractivity contribution in [1.82, 2.24) is 13.8 Å². The molecule has 2 saturated heterocycles. The molecule has 3 aromatic rings. The van der Waals surface area contributed by atoms with Gasteiger partial charge in [0.1, 0.15) is 11.4 Å². The van der Waals surface area contributed by atoms with Gasteiger partial charge in [0.2, 0.25) is 0 Å². The Morgan fingerprint density at radius 2 is 1.88 bits per heavy atom. The molecule has 0 aliphatic carbocycles. The van der Waals surface area contributed by atoms with Gasteiger partial charge in [0, 0.05) is 61.0 Å². The maximum absolute atomic E-state index is 13.2. The Morgan fingerprint density at radius 3 is 2.51 bits per heavy atom. The molecule has 232 valence electrons. The van der Waals surface area contributed by atoms with E-state index in [9.17, 15) is 9.59 Å². The number of likely N-dealkylation sites (tertiary alicyclic amines) is 1. The van der Waals surface area contributed by atoms with Gasteiger partial charge in [0.05, 0.1) is 25.3 Å². The molecule has 2 fully saturated rings. The van der Waals surface area contributed by atoms with Gasteiger partial charge in [-0.1, -0.05) is 18.0 Å². The first-order chi connectivity index (χ1) is 20.4. The van der Waals surface area contributed by atoms with Gasteiger partial charge in [-0.05, 0) is 88.7 Å². The van der Waals surface area contributed by atoms with E-state index in [1.54, 1.807) is 17.9 Å². The number of hydrogen-bond donors (Lipinski definition) is 1. The molecule has 0 saturated carbocycles. The van der Waals surface area contributed by atoms with E-state index >= 15 is 0 Å². The average Bonchev–Trinajstić information content (AvgIpc) is 3.42. The quantitative estimate of drug-likeness (QED) is 0.239. The second-order valence-corrected chi connectivity index (χ2v) is 13.6. The third-order valence-corrected chi connectivity index (χ3v) is 9.56. The Balaban J connectivity index is 1.56. The van der Waals surface area contributed by atoms with E-state index in [0.717, 1.165) is 71.5 Å². The monoisotopic (exact) mass is 608 g/mol. The summed E-state index contributed by atoms with van der Waals surface area (Å²) in [6, 6.07) is 9.95. The first-order valence-electron chi connectivity index (χ1n) is 14.8. The van der Waals surface area contributed by atoms with Crippen molar-refractivity contribution < 1.29 is 23.8 Å². The van der Waals surface area contributed by atoms with Gasteiger partial charge in [-0.3, -0.25) is 9.47 Å². The summed E-state index contributed by atoms with van der Waals surface area (Å²) in [6.45, 7) is 11.3. The number of esters is 1. The highest BCUT2D eigenvalue weighted by atomic mass is 32.2. The SMILES string of the molecule is CNc1cc(C(=O)OC)ccc1C1CC2(CCN1Cc1c(OC)cc(C)c3c1ccn3C(=O)OC(C)(C)C)CN(SC)C2. The molecule has 10 heteroatoms. The first kappa shape index (κ1) is 31.2. The fourth-order valence-electron chi connectivity index (χ4n) is 6.67. The zero-order chi connectivity index (χ0) is 31.1. The smallest absolute Gasteiger partial charge is 0.419 e. The number of aromatic nitrogens is 1. The van der Waals surface area contributed by atoms with Gasteiger partial charge in [0.15, 0.2) is 0 Å². The van der Waals surface area contributed by atoms with Crippen LogP contribution >= 0.6 is 11.9 Å². The average molecular weight is 609 g/mol. The normalized spacial score (nSPS) is 18.8. The van der Waals surface area contributed by atoms with E-state index in [1.807, 2.05) is 71.0 Å². The Hall–Kier alpha value is -3.21. The minimum Gasteiger partial charge on any atom is -0.496 e. The topological polar surface area (TPSA) is 85.3 Å². The third kappa shape index (κ3) is 6.10. The van der Waals surface area contributed by atoms with Gasteiger partial charge in [-0.2, -0.15) is 0 Å². The lowest BCUT2D eigenvalue weighted by molar-refractivity contribution is -0.0286. The summed E-state index contributed by atoms with van der Waals surface area (Å²) in [5.74, 6) is 0.453. The second kappa shape index (κ2) is 12.1. The summed E-state index contributed by atoms with van der Waals surface area (Å²) < 4.78 is 20.7. The molecule has 1 atom stereocenters. The van der Waals surface area contributed by atoms with E-state index in [1.165, 1.54) is 7.11 Å². The van der Waals surface area contributed by atoms with Crippen molar-refractivity contribution in [2.75, 3.05) is 52.5 Å². The maximum Gasteiger partial charge on any atom is 0.419 e. The molecule has 0 radical (unpaired) electrons. The molecule has 2 aliphatic heterocycles. The molecule has 1 spiro atoms. The van der Waals surface area contributed by atoms with Crippen LogP contribution in [0.2, 0.25) is 0 Å². The highest BCUT2D eigenvalue weighted by Crippen LogP contribution is 2.51. The van der Waals surface area contributed by atoms with Gasteiger partial charge in [-0.25, -0.2) is 13.9 Å². The van der Waals surface area contributed by atoms with Crippen LogP contribution in [-0.4, -0.2) is 78.6 Å². The van der Waals surface area contributed by atoms with Crippen molar-refractivity contribution in [3.63, 3.8) is 0 Å². The molecule has 0 amide bonds. The van der Waals surface area contributed by atoms with Gasteiger partial charge >= 0.3 is 12.1 Å². The number of nitrogens with one attached hydrogen (secondary N) is 1. The van der Waals surface area contributed by atoms with Crippen LogP contribution in [-0.2, 0) is 16.0 Å². The zero-order valence-corrected chi connectivity index (χ0v) is 27.4. The summed E-state index contributed by atoms with van der Waals surface area (Å²) in [6.07, 6.45) is 5.65. The molecule has 1 N–H and O–H groups in total. The molecule has 5 rings (SSSR count). The predicted octanol–water partition coefficient (Wildman–Crippen LogP) is 6.49. The van der Waals surface area contributed by atoms with Crippen molar-refractivity contribution in [2.24, 2.45) is 5.41 Å². The fourth-order valence-corrected chi connectivity index (χ4v) is 7.48. The lowest BCUT2D eigenvalue weighted by Crippen LogP contribution is -2.58. The lowest BCUT2D eigenvalue weighted by Gasteiger charge is -2.56. The van der Waals surface area contributed by atoms with Crippen LogP contribution in [0.3, 0.4) is 0 Å². The number of nitrogens with zero attached hydrogens (tertiary/aromatic N) is 3. The second-order valence-electron chi connectivity index (χ2n) is 12.8. The van der Waals surface area contributed by atoms with Crippen LogP contribution in [0.5, 0.6) is 5.75 Å². The number of rotatable bonds is 7. The molecule has 2 aromatic carbocycles. The van der Waals surface area contributed by atoms with E-state index in [0.29, 0.717) is 12.1 Å². The number of carbonyl (C=O) groups is 2. The van der Waals surface area contributed by atoms with Crippen LogP contribution < -0.4 is 10.1 Å². The number of anilines is 1. The van der Waals surface area contributed by atoms with Crippen LogP contribution in [0.25, 0.3) is 10.9 Å². The van der Waals surface area contributed by atoms with Crippen molar-refractivity contribution >= 4 is 40.6 Å². The summed E-state index contributed by atoms with van der Waals surface area (Å²) in [5.41, 5.74) is 5.08. The summed E-state index contributed by atoms with van der Waals surface area (Å²) >= 11 is 1.81. The Kier molecular flexibility index (Phi) is 8.75. The molecule has 3 heterocycles. The Bertz CT molecular complexity index is 1520. The number of hydrogen-bond acceptors (Lipinski definition) is 9. The lowest BCUT2D eigenvalue weighted by atomic mass is 9.69. The van der Waals surface area contributed by atoms with Crippen LogP contribution in [0.15, 0.2) is 36.5 Å². The number of piperidine rings is 1. The van der Waals surface area contributed by atoms with E-state index in [4.69, 9.17) is 14.2 Å². The highest BCUT2D eigenvalue weighted by Gasteiger charge is 2.48.